The third kappa shape index (κ3) is 4.28. The standard InChI is InChI=1S/C33H21F2NO2/c34-25-13-8-22(9-14-25)32(23-10-15-26(35)16-11-23)24-12-17-31-29(19-24)33(38)28-6-1-2-7-30(28)36(31)20-21-4-3-5-27(37)18-21/h1-19H,20H2/p+1. The van der Waals surface area contributed by atoms with E-state index in [1.807, 2.05) is 48.5 Å². The molecule has 0 fully saturated rings. The van der Waals surface area contributed by atoms with Gasteiger partial charge in [0.1, 0.15) is 17.4 Å². The van der Waals surface area contributed by atoms with Crippen molar-refractivity contribution in [1.29, 1.82) is 0 Å². The summed E-state index contributed by atoms with van der Waals surface area (Å²) in [4.78, 5) is 13.7. The van der Waals surface area contributed by atoms with E-state index in [0.717, 1.165) is 38.5 Å². The van der Waals surface area contributed by atoms with Gasteiger partial charge in [0.2, 0.25) is 16.8 Å². The first-order chi connectivity index (χ1) is 18.5. The maximum absolute atomic E-state index is 13.7. The van der Waals surface area contributed by atoms with Crippen LogP contribution >= 0.6 is 0 Å². The van der Waals surface area contributed by atoms with Gasteiger partial charge in [-0.05, 0) is 76.5 Å². The molecule has 0 spiro atoms. The number of fused-ring (bicyclic) bond motifs is 2. The summed E-state index contributed by atoms with van der Waals surface area (Å²) in [5, 5.41) is 11.5. The molecule has 38 heavy (non-hydrogen) atoms. The number of ketones is 1. The van der Waals surface area contributed by atoms with Gasteiger partial charge >= 0.3 is 0 Å². The summed E-state index contributed by atoms with van der Waals surface area (Å²) in [6.45, 7) is 0.456. The molecule has 184 valence electrons. The zero-order valence-corrected chi connectivity index (χ0v) is 20.2. The van der Waals surface area contributed by atoms with Gasteiger partial charge in [-0.3, -0.25) is 4.79 Å². The average Bonchev–Trinajstić information content (AvgIpc) is 2.93. The van der Waals surface area contributed by atoms with E-state index in [1.165, 1.54) is 24.3 Å². The quantitative estimate of drug-likeness (QED) is 0.331. The Morgan fingerprint density at radius 1 is 0.684 bits per heavy atom. The fourth-order valence-corrected chi connectivity index (χ4v) is 5.03. The van der Waals surface area contributed by atoms with Crippen LogP contribution in [0, 0.1) is 11.6 Å². The molecule has 5 aromatic rings. The van der Waals surface area contributed by atoms with Crippen molar-refractivity contribution < 1.29 is 18.7 Å². The first-order valence-electron chi connectivity index (χ1n) is 12.2. The number of carbonyl (C=O) groups excluding carboxylic acids is 1. The van der Waals surface area contributed by atoms with Crippen LogP contribution in [0.3, 0.4) is 0 Å². The van der Waals surface area contributed by atoms with Gasteiger partial charge in [-0.25, -0.2) is 8.78 Å². The lowest BCUT2D eigenvalue weighted by atomic mass is 9.92. The Bertz CT molecular complexity index is 1780. The lowest BCUT2D eigenvalue weighted by Crippen LogP contribution is -2.37. The van der Waals surface area contributed by atoms with E-state index in [9.17, 15) is 18.7 Å². The van der Waals surface area contributed by atoms with E-state index in [4.69, 9.17) is 0 Å². The Balaban J connectivity index is 1.65. The highest BCUT2D eigenvalue weighted by Crippen LogP contribution is 2.26. The number of rotatable bonds is 4. The summed E-state index contributed by atoms with van der Waals surface area (Å²) in [5.41, 5.74) is 5.07. The van der Waals surface area contributed by atoms with Gasteiger partial charge in [0.05, 0.1) is 11.1 Å². The summed E-state index contributed by atoms with van der Waals surface area (Å²) in [7, 11) is 0. The number of nitrogens with zero attached hydrogens (tertiary/aromatic N) is 1. The minimum absolute atomic E-state index is 0.0952. The van der Waals surface area contributed by atoms with Crippen molar-refractivity contribution in [3.8, 4) is 5.75 Å². The summed E-state index contributed by atoms with van der Waals surface area (Å²) >= 11 is 0. The van der Waals surface area contributed by atoms with E-state index in [2.05, 4.69) is 4.58 Å². The van der Waals surface area contributed by atoms with E-state index < -0.39 is 0 Å². The van der Waals surface area contributed by atoms with Gasteiger partial charge in [-0.1, -0.05) is 48.5 Å². The lowest BCUT2D eigenvalue weighted by molar-refractivity contribution is 0.103. The highest BCUT2D eigenvalue weighted by molar-refractivity contribution is 6.13. The van der Waals surface area contributed by atoms with Gasteiger partial charge in [-0.2, -0.15) is 4.58 Å². The van der Waals surface area contributed by atoms with Gasteiger partial charge in [0.15, 0.2) is 6.54 Å². The van der Waals surface area contributed by atoms with Crippen LogP contribution in [-0.4, -0.2) is 10.9 Å². The Morgan fingerprint density at radius 2 is 1.34 bits per heavy atom. The van der Waals surface area contributed by atoms with Crippen LogP contribution < -0.4 is 15.2 Å². The number of benzene rings is 5. The molecular weight excluding hydrogens is 480 g/mol. The van der Waals surface area contributed by atoms with Crippen molar-refractivity contribution in [2.45, 2.75) is 6.54 Å². The van der Waals surface area contributed by atoms with Crippen LogP contribution in [0.4, 0.5) is 14.5 Å². The minimum Gasteiger partial charge on any atom is -0.508 e. The van der Waals surface area contributed by atoms with Crippen LogP contribution in [0.25, 0.3) is 5.57 Å². The number of hydrogen-bond acceptors (Lipinski definition) is 2. The third-order valence-corrected chi connectivity index (χ3v) is 6.78. The van der Waals surface area contributed by atoms with Gasteiger partial charge in [-0.15, -0.1) is 0 Å². The second-order valence-corrected chi connectivity index (χ2v) is 9.22. The predicted molar refractivity (Wildman–Crippen MR) is 143 cm³/mol. The smallest absolute Gasteiger partial charge is 0.217 e. The molecule has 1 aliphatic rings. The van der Waals surface area contributed by atoms with Crippen molar-refractivity contribution >= 4 is 17.0 Å². The molecule has 0 bridgehead atoms. The fourth-order valence-electron chi connectivity index (χ4n) is 5.03. The molecule has 3 nitrogen and oxygen atoms in total. The Hall–Kier alpha value is -4.90. The highest BCUT2D eigenvalue weighted by atomic mass is 19.1. The SMILES string of the molecule is O=C1c2ccccc2[N+](Cc2cccc(O)c2)=c2ccc(=C(c3ccc(F)cc3)c3ccc(F)cc3)cc21. The zero-order chi connectivity index (χ0) is 26.2. The maximum Gasteiger partial charge on any atom is 0.217 e. The molecule has 0 aromatic heterocycles. The van der Waals surface area contributed by atoms with Crippen molar-refractivity contribution in [1.82, 2.24) is 4.58 Å². The molecular formula is C33H22F2NO2+. The summed E-state index contributed by atoms with van der Waals surface area (Å²) < 4.78 is 29.6. The fraction of sp³-hybridized carbons (Fsp3) is 0.0303. The molecule has 1 aliphatic heterocycles. The zero-order valence-electron chi connectivity index (χ0n) is 20.2. The van der Waals surface area contributed by atoms with Crippen LogP contribution in [0.5, 0.6) is 5.75 Å². The number of phenols is 1. The van der Waals surface area contributed by atoms with E-state index in [-0.39, 0.29) is 23.2 Å². The molecule has 0 aliphatic carbocycles. The summed E-state index contributed by atoms with van der Waals surface area (Å²) in [5.74, 6) is -0.626. The van der Waals surface area contributed by atoms with Crippen molar-refractivity contribution in [2.75, 3.05) is 0 Å². The molecule has 0 saturated heterocycles. The minimum atomic E-state index is -0.355. The third-order valence-electron chi connectivity index (χ3n) is 6.78. The molecule has 6 rings (SSSR count). The molecule has 0 atom stereocenters. The molecule has 0 saturated carbocycles. The van der Waals surface area contributed by atoms with Crippen molar-refractivity contribution in [3.05, 3.63) is 165 Å². The molecule has 1 heterocycles. The Morgan fingerprint density at radius 3 is 2.00 bits per heavy atom. The molecule has 1 N–H and O–H groups in total. The van der Waals surface area contributed by atoms with Gasteiger partial charge in [0, 0.05) is 17.7 Å². The number of halogens is 2. The molecule has 0 amide bonds. The van der Waals surface area contributed by atoms with Crippen LogP contribution in [0.2, 0.25) is 0 Å². The summed E-state index contributed by atoms with van der Waals surface area (Å²) in [6.07, 6.45) is 0. The van der Waals surface area contributed by atoms with Crippen LogP contribution in [0.15, 0.2) is 115 Å². The Labute approximate surface area is 217 Å². The van der Waals surface area contributed by atoms with Gasteiger partial charge < -0.3 is 5.11 Å². The topological polar surface area (TPSA) is 40.3 Å². The van der Waals surface area contributed by atoms with E-state index in [1.54, 1.807) is 42.5 Å². The maximum atomic E-state index is 13.7. The number of carbonyl (C=O) groups is 1. The normalized spacial score (nSPS) is 12.2. The monoisotopic (exact) mass is 502 g/mol. The Kier molecular flexibility index (Phi) is 5.89. The van der Waals surface area contributed by atoms with Crippen molar-refractivity contribution in [3.63, 3.8) is 0 Å². The van der Waals surface area contributed by atoms with Crippen LogP contribution in [0.1, 0.15) is 32.6 Å². The number of hydrogen-bond donors (Lipinski definition) is 1. The van der Waals surface area contributed by atoms with Gasteiger partial charge in [0.25, 0.3) is 0 Å². The molecule has 0 radical (unpaired) electrons. The second kappa shape index (κ2) is 9.52. The first-order valence-corrected chi connectivity index (χ1v) is 12.2. The highest BCUT2D eigenvalue weighted by Gasteiger charge is 2.30. The number of phenolic OH excluding ortho intramolecular Hbond substituents is 1. The largest absolute Gasteiger partial charge is 0.508 e. The lowest BCUT2D eigenvalue weighted by Gasteiger charge is -2.15. The number of para-hydroxylation sites is 1. The molecule has 0 unspecified atom stereocenters. The van der Waals surface area contributed by atoms with Crippen LogP contribution in [-0.2, 0) is 6.54 Å². The first kappa shape index (κ1) is 23.5. The van der Waals surface area contributed by atoms with Crippen molar-refractivity contribution in [2.24, 2.45) is 0 Å². The average molecular weight is 503 g/mol. The number of aromatic hydroxyl groups is 1. The predicted octanol–water partition coefficient (Wildman–Crippen LogP) is 5.49. The second-order valence-electron chi connectivity index (χ2n) is 9.22. The van der Waals surface area contributed by atoms with E-state index in [0.29, 0.717) is 17.7 Å². The molecule has 5 aromatic carbocycles. The van der Waals surface area contributed by atoms with E-state index >= 15 is 0 Å². The summed E-state index contributed by atoms with van der Waals surface area (Å²) in [6, 6.07) is 32.5. The molecule has 5 heteroatoms.